The Kier molecular flexibility index (Phi) is 6.58. The predicted octanol–water partition coefficient (Wildman–Crippen LogP) is 1.22. The maximum atomic E-state index is 13.0. The van der Waals surface area contributed by atoms with Crippen LogP contribution in [0, 0.1) is 5.92 Å². The Hall–Kier alpha value is -2.86. The Morgan fingerprint density at radius 1 is 1.00 bits per heavy atom. The first-order valence-corrected chi connectivity index (χ1v) is 12.9. The Morgan fingerprint density at radius 3 is 2.54 bits per heavy atom. The molecule has 2 aliphatic heterocycles. The molecule has 3 amide bonds. The van der Waals surface area contributed by atoms with E-state index in [4.69, 9.17) is 0 Å². The minimum Gasteiger partial charge on any atom is -0.322 e. The lowest BCUT2D eigenvalue weighted by Crippen LogP contribution is -2.52. The summed E-state index contributed by atoms with van der Waals surface area (Å²) in [5.74, 6) is -0.195. The van der Waals surface area contributed by atoms with E-state index in [0.29, 0.717) is 30.5 Å². The largest absolute Gasteiger partial charge is 0.322 e. The maximum absolute atomic E-state index is 13.0. The molecule has 8 heteroatoms. The third-order valence-electron chi connectivity index (χ3n) is 8.04. The second-order valence-corrected chi connectivity index (χ2v) is 10.9. The summed E-state index contributed by atoms with van der Waals surface area (Å²) in [5.41, 5.74) is 4.22. The van der Waals surface area contributed by atoms with Gasteiger partial charge in [0.1, 0.15) is 21.7 Å². The number of carbonyl (C=O) groups is 3. The van der Waals surface area contributed by atoms with Gasteiger partial charge in [0, 0.05) is 24.6 Å². The molecule has 1 aliphatic carbocycles. The molecule has 2 heterocycles. The van der Waals surface area contributed by atoms with Crippen LogP contribution in [-0.2, 0) is 27.9 Å². The van der Waals surface area contributed by atoms with Crippen LogP contribution in [0.5, 0.6) is 0 Å². The number of imide groups is 1. The molecule has 180 valence electrons. The van der Waals surface area contributed by atoms with Crippen molar-refractivity contribution in [1.82, 2.24) is 15.5 Å². The summed E-state index contributed by atoms with van der Waals surface area (Å²) in [4.78, 5) is 38.5. The highest BCUT2D eigenvalue weighted by atomic mass is 16.2. The summed E-state index contributed by atoms with van der Waals surface area (Å²) in [7, 11) is 4.52. The first kappa shape index (κ1) is 23.9. The summed E-state index contributed by atoms with van der Waals surface area (Å²) in [6, 6.07) is 16.7. The standard InChI is InChI=1S/C27H33B2N3O3/c28-27(29,20-7-2-1-3-8-20)31-22-9-5-4-6-18(22)14-17-10-11-21-19(15-17)16-32(26(21)35)23-12-13-24(33)30-25(23)34/h1-3,7-8,10-11,15,18,22-23,31H,4-6,9,12-14,16,28-29H2,(H,30,33,34)/t18-,22+,23?/m1/s1. The quantitative estimate of drug-likeness (QED) is 0.493. The van der Waals surface area contributed by atoms with Crippen LogP contribution in [0.2, 0.25) is 0 Å². The van der Waals surface area contributed by atoms with Crippen LogP contribution >= 0.6 is 0 Å². The zero-order valence-electron chi connectivity index (χ0n) is 20.7. The molecule has 6 nitrogen and oxygen atoms in total. The van der Waals surface area contributed by atoms with E-state index in [1.807, 2.05) is 6.07 Å². The van der Waals surface area contributed by atoms with Crippen LogP contribution in [0.4, 0.5) is 0 Å². The molecule has 0 aromatic heterocycles. The van der Waals surface area contributed by atoms with Crippen LogP contribution in [0.25, 0.3) is 0 Å². The summed E-state index contributed by atoms with van der Waals surface area (Å²) in [6.07, 6.45) is 6.51. The molecular weight excluding hydrogens is 436 g/mol. The van der Waals surface area contributed by atoms with Crippen molar-refractivity contribution in [1.29, 1.82) is 0 Å². The average Bonchev–Trinajstić information content (AvgIpc) is 3.16. The van der Waals surface area contributed by atoms with Gasteiger partial charge in [-0.05, 0) is 59.7 Å². The molecule has 3 aliphatic rings. The van der Waals surface area contributed by atoms with Gasteiger partial charge in [-0.15, -0.1) is 0 Å². The van der Waals surface area contributed by atoms with Gasteiger partial charge in [0.05, 0.1) is 0 Å². The van der Waals surface area contributed by atoms with Crippen molar-refractivity contribution in [3.63, 3.8) is 0 Å². The third-order valence-corrected chi connectivity index (χ3v) is 8.04. The first-order valence-electron chi connectivity index (χ1n) is 12.9. The highest BCUT2D eigenvalue weighted by molar-refractivity contribution is 6.39. The Bertz CT molecular complexity index is 1140. The zero-order chi connectivity index (χ0) is 24.6. The van der Waals surface area contributed by atoms with E-state index in [2.05, 4.69) is 68.8 Å². The summed E-state index contributed by atoms with van der Waals surface area (Å²) < 4.78 is 0. The maximum Gasteiger partial charge on any atom is 0.255 e. The van der Waals surface area contributed by atoms with Crippen LogP contribution in [0.1, 0.15) is 65.6 Å². The lowest BCUT2D eigenvalue weighted by atomic mass is 9.57. The highest BCUT2D eigenvalue weighted by Crippen LogP contribution is 2.33. The van der Waals surface area contributed by atoms with E-state index < -0.39 is 6.04 Å². The molecule has 5 rings (SSSR count). The molecule has 1 saturated heterocycles. The molecule has 3 atom stereocenters. The fourth-order valence-corrected chi connectivity index (χ4v) is 6.10. The molecule has 0 bridgehead atoms. The number of benzene rings is 2. The van der Waals surface area contributed by atoms with Crippen LogP contribution in [-0.4, -0.2) is 50.4 Å². The van der Waals surface area contributed by atoms with Gasteiger partial charge in [0.25, 0.3) is 5.91 Å². The number of fused-ring (bicyclic) bond motifs is 1. The smallest absolute Gasteiger partial charge is 0.255 e. The van der Waals surface area contributed by atoms with Crippen LogP contribution in [0.15, 0.2) is 48.5 Å². The molecule has 2 aromatic carbocycles. The Labute approximate surface area is 209 Å². The van der Waals surface area contributed by atoms with Crippen molar-refractivity contribution in [2.45, 2.75) is 68.9 Å². The van der Waals surface area contributed by atoms with E-state index in [9.17, 15) is 14.4 Å². The lowest BCUT2D eigenvalue weighted by Gasteiger charge is -2.39. The molecule has 2 N–H and O–H groups in total. The van der Waals surface area contributed by atoms with Gasteiger partial charge >= 0.3 is 0 Å². The number of nitrogens with zero attached hydrogens (tertiary/aromatic N) is 1. The number of rotatable bonds is 6. The minimum absolute atomic E-state index is 0.103. The van der Waals surface area contributed by atoms with E-state index in [1.165, 1.54) is 36.8 Å². The van der Waals surface area contributed by atoms with Crippen molar-refractivity contribution in [2.24, 2.45) is 5.92 Å². The number of carbonyl (C=O) groups excluding carboxylic acids is 3. The van der Waals surface area contributed by atoms with E-state index in [1.54, 1.807) is 4.90 Å². The van der Waals surface area contributed by atoms with E-state index >= 15 is 0 Å². The fraction of sp³-hybridized carbons (Fsp3) is 0.444. The average molecular weight is 469 g/mol. The summed E-state index contributed by atoms with van der Waals surface area (Å²) >= 11 is 0. The van der Waals surface area contributed by atoms with Gasteiger partial charge in [-0.25, -0.2) is 0 Å². The Morgan fingerprint density at radius 2 is 1.77 bits per heavy atom. The number of nitrogens with one attached hydrogen (secondary N) is 2. The number of hydrogen-bond acceptors (Lipinski definition) is 4. The van der Waals surface area contributed by atoms with Crippen LogP contribution in [0.3, 0.4) is 0 Å². The van der Waals surface area contributed by atoms with Gasteiger partial charge in [-0.1, -0.05) is 55.3 Å². The molecule has 35 heavy (non-hydrogen) atoms. The van der Waals surface area contributed by atoms with Gasteiger partial charge in [0.2, 0.25) is 11.8 Å². The molecule has 1 saturated carbocycles. The number of hydrogen-bond donors (Lipinski definition) is 2. The molecule has 0 radical (unpaired) electrons. The fourth-order valence-electron chi connectivity index (χ4n) is 6.10. The van der Waals surface area contributed by atoms with Crippen LogP contribution < -0.4 is 10.6 Å². The second kappa shape index (κ2) is 9.65. The highest BCUT2D eigenvalue weighted by Gasteiger charge is 2.39. The van der Waals surface area contributed by atoms with Crippen molar-refractivity contribution >= 4 is 33.4 Å². The summed E-state index contributed by atoms with van der Waals surface area (Å²) in [6.45, 7) is 0.432. The molecular formula is C27H33B2N3O3. The van der Waals surface area contributed by atoms with Gasteiger partial charge in [-0.2, -0.15) is 0 Å². The summed E-state index contributed by atoms with van der Waals surface area (Å²) in [5, 5.41) is 6.24. The second-order valence-electron chi connectivity index (χ2n) is 10.9. The molecule has 2 fully saturated rings. The van der Waals surface area contributed by atoms with Crippen molar-refractivity contribution < 1.29 is 14.4 Å². The lowest BCUT2D eigenvalue weighted by molar-refractivity contribution is -0.136. The normalized spacial score (nSPS) is 24.9. The van der Waals surface area contributed by atoms with Gasteiger partial charge in [0.15, 0.2) is 0 Å². The van der Waals surface area contributed by atoms with Crippen molar-refractivity contribution in [2.75, 3.05) is 0 Å². The zero-order valence-corrected chi connectivity index (χ0v) is 20.7. The molecule has 0 spiro atoms. The predicted molar refractivity (Wildman–Crippen MR) is 140 cm³/mol. The number of amides is 3. The topological polar surface area (TPSA) is 78.5 Å². The van der Waals surface area contributed by atoms with Crippen molar-refractivity contribution in [3.8, 4) is 0 Å². The Balaban J connectivity index is 1.29. The first-order chi connectivity index (χ1) is 16.8. The SMILES string of the molecule is BC(B)(N[C@H]1CCCC[C@@H]1Cc1ccc2c(c1)CN(C1CCC(=O)NC1=O)C2=O)c1ccccc1. The van der Waals surface area contributed by atoms with E-state index in [-0.39, 0.29) is 29.5 Å². The minimum atomic E-state index is -0.566. The molecule has 2 aromatic rings. The van der Waals surface area contributed by atoms with Gasteiger partial charge in [-0.3, -0.25) is 19.7 Å². The third kappa shape index (κ3) is 4.94. The monoisotopic (exact) mass is 469 g/mol. The van der Waals surface area contributed by atoms with Gasteiger partial charge < -0.3 is 10.2 Å². The molecule has 1 unspecified atom stereocenters. The van der Waals surface area contributed by atoms with E-state index in [0.717, 1.165) is 12.0 Å². The number of piperidine rings is 1. The van der Waals surface area contributed by atoms with Crippen molar-refractivity contribution in [3.05, 3.63) is 70.8 Å².